The summed E-state index contributed by atoms with van der Waals surface area (Å²) in [6.45, 7) is 6.93. The van der Waals surface area contributed by atoms with Crippen LogP contribution in [0.15, 0.2) is 194 Å². The fourth-order valence-electron chi connectivity index (χ4n) is 11.0. The van der Waals surface area contributed by atoms with Gasteiger partial charge in [-0.05, 0) is 138 Å². The lowest BCUT2D eigenvalue weighted by Crippen LogP contribution is -2.14. The lowest BCUT2D eigenvalue weighted by molar-refractivity contribution is 0.661. The van der Waals surface area contributed by atoms with E-state index in [-0.39, 0.29) is 5.41 Å². The molecule has 1 aliphatic carbocycles. The number of aryl methyl sites for hydroxylation is 1. The summed E-state index contributed by atoms with van der Waals surface area (Å²) >= 11 is 0. The van der Waals surface area contributed by atoms with Crippen molar-refractivity contribution in [2.75, 3.05) is 0 Å². The maximum atomic E-state index is 2.47. The molecule has 0 fully saturated rings. The largest absolute Gasteiger partial charge is 0.309 e. The van der Waals surface area contributed by atoms with Gasteiger partial charge in [-0.15, -0.1) is 0 Å². The molecule has 0 radical (unpaired) electrons. The number of rotatable bonds is 5. The summed E-state index contributed by atoms with van der Waals surface area (Å²) in [6.07, 6.45) is 0.825. The van der Waals surface area contributed by atoms with E-state index < -0.39 is 0 Å². The second-order valence-corrected chi connectivity index (χ2v) is 17.9. The number of hydrogen-bond donors (Lipinski definition) is 0. The number of para-hydroxylation sites is 3. The van der Waals surface area contributed by atoms with Crippen LogP contribution in [-0.2, 0) is 11.8 Å². The van der Waals surface area contributed by atoms with E-state index in [1.54, 1.807) is 0 Å². The third-order valence-corrected chi connectivity index (χ3v) is 13.9. The third kappa shape index (κ3) is 5.00. The van der Waals surface area contributed by atoms with Crippen LogP contribution in [0.4, 0.5) is 0 Å². The van der Waals surface area contributed by atoms with Gasteiger partial charge in [-0.25, -0.2) is 0 Å². The van der Waals surface area contributed by atoms with Crippen molar-refractivity contribution in [1.29, 1.82) is 0 Å². The van der Waals surface area contributed by atoms with Crippen LogP contribution in [0.5, 0.6) is 0 Å². The van der Waals surface area contributed by atoms with Gasteiger partial charge in [-0.1, -0.05) is 123 Å². The van der Waals surface area contributed by atoms with Crippen molar-refractivity contribution in [3.8, 4) is 28.2 Å². The first-order chi connectivity index (χ1) is 30.4. The lowest BCUT2D eigenvalue weighted by Gasteiger charge is -2.21. The highest BCUT2D eigenvalue weighted by molar-refractivity contribution is 6.19. The van der Waals surface area contributed by atoms with Crippen LogP contribution < -0.4 is 0 Å². The standard InChI is InChI=1S/C59H43N3/c1-37-25-27-54-46(29-37)50-34-48-44-22-11-13-24-53(44)62(57(48)36-58(50)61(54)41-18-8-5-9-19-41)42-20-14-15-38(31-42)30-39-26-28-55-47(32-39)49-33-45-43-21-10-12-23-51(43)59(2,3)52(45)35-56(49)60(55)40-16-6-4-7-17-40/h4-29,31-36H,30H2,1-3H3. The number of benzene rings is 9. The van der Waals surface area contributed by atoms with Crippen LogP contribution in [0, 0.1) is 6.92 Å². The molecule has 0 bridgehead atoms. The summed E-state index contributed by atoms with van der Waals surface area (Å²) in [5.41, 5.74) is 20.2. The maximum Gasteiger partial charge on any atom is 0.0562 e. The normalized spacial score (nSPS) is 13.3. The molecule has 62 heavy (non-hydrogen) atoms. The van der Waals surface area contributed by atoms with E-state index in [1.807, 2.05) is 0 Å². The molecule has 13 rings (SSSR count). The summed E-state index contributed by atoms with van der Waals surface area (Å²) in [6, 6.07) is 72.5. The molecule has 3 heteroatoms. The molecular weight excluding hydrogens is 751 g/mol. The lowest BCUT2D eigenvalue weighted by atomic mass is 9.82. The SMILES string of the molecule is Cc1ccc2c(c1)c1cc3c4ccccc4n(-c4cccc(Cc5ccc6c(c5)c5cc7c(cc5n6-c5ccccc5)C(C)(C)c5ccccc5-7)c4)c3cc1n2-c1ccccc1. The van der Waals surface area contributed by atoms with Gasteiger partial charge in [0.25, 0.3) is 0 Å². The van der Waals surface area contributed by atoms with Crippen LogP contribution in [0.1, 0.15) is 41.7 Å². The van der Waals surface area contributed by atoms with Gasteiger partial charge in [0.2, 0.25) is 0 Å². The summed E-state index contributed by atoms with van der Waals surface area (Å²) in [5.74, 6) is 0. The van der Waals surface area contributed by atoms with E-state index in [4.69, 9.17) is 0 Å². The van der Waals surface area contributed by atoms with E-state index in [1.165, 1.54) is 121 Å². The van der Waals surface area contributed by atoms with Crippen LogP contribution >= 0.6 is 0 Å². The van der Waals surface area contributed by atoms with Crippen molar-refractivity contribution in [1.82, 2.24) is 13.7 Å². The molecule has 12 aromatic rings. The van der Waals surface area contributed by atoms with Gasteiger partial charge < -0.3 is 13.7 Å². The monoisotopic (exact) mass is 793 g/mol. The zero-order valence-electron chi connectivity index (χ0n) is 35.0. The van der Waals surface area contributed by atoms with E-state index in [2.05, 4.69) is 229 Å². The predicted octanol–water partition coefficient (Wildman–Crippen LogP) is 15.2. The van der Waals surface area contributed by atoms with Crippen LogP contribution in [0.3, 0.4) is 0 Å². The van der Waals surface area contributed by atoms with Crippen molar-refractivity contribution in [2.45, 2.75) is 32.6 Å². The van der Waals surface area contributed by atoms with Crippen molar-refractivity contribution in [3.05, 3.63) is 222 Å². The van der Waals surface area contributed by atoms with Gasteiger partial charge in [0.1, 0.15) is 0 Å². The minimum atomic E-state index is -0.0733. The quantitative estimate of drug-likeness (QED) is 0.165. The zero-order chi connectivity index (χ0) is 41.3. The Morgan fingerprint density at radius 3 is 1.66 bits per heavy atom. The Morgan fingerprint density at radius 2 is 0.887 bits per heavy atom. The van der Waals surface area contributed by atoms with Gasteiger partial charge in [-0.3, -0.25) is 0 Å². The van der Waals surface area contributed by atoms with Crippen LogP contribution in [-0.4, -0.2) is 13.7 Å². The Labute approximate surface area is 360 Å². The summed E-state index contributed by atoms with van der Waals surface area (Å²) in [4.78, 5) is 0. The van der Waals surface area contributed by atoms with Gasteiger partial charge >= 0.3 is 0 Å². The van der Waals surface area contributed by atoms with Crippen molar-refractivity contribution >= 4 is 65.4 Å². The summed E-state index contributed by atoms with van der Waals surface area (Å²) < 4.78 is 7.37. The molecule has 3 nitrogen and oxygen atoms in total. The van der Waals surface area contributed by atoms with E-state index in [9.17, 15) is 0 Å². The molecule has 3 heterocycles. The van der Waals surface area contributed by atoms with Crippen molar-refractivity contribution in [3.63, 3.8) is 0 Å². The Bertz CT molecular complexity index is 3800. The average Bonchev–Trinajstić information content (AvgIpc) is 3.98. The first kappa shape index (κ1) is 35.2. The molecule has 9 aromatic carbocycles. The number of aromatic nitrogens is 3. The number of nitrogens with zero attached hydrogens (tertiary/aromatic N) is 3. The highest BCUT2D eigenvalue weighted by atomic mass is 15.0. The Morgan fingerprint density at radius 1 is 0.339 bits per heavy atom. The topological polar surface area (TPSA) is 14.8 Å². The van der Waals surface area contributed by atoms with E-state index in [0.717, 1.165) is 6.42 Å². The zero-order valence-corrected chi connectivity index (χ0v) is 35.0. The Hall–Kier alpha value is -7.62. The molecule has 0 atom stereocenters. The Balaban J connectivity index is 0.974. The first-order valence-electron chi connectivity index (χ1n) is 21.8. The number of hydrogen-bond acceptors (Lipinski definition) is 0. The molecule has 3 aromatic heterocycles. The molecule has 1 aliphatic rings. The summed E-state index contributed by atoms with van der Waals surface area (Å²) in [5, 5.41) is 7.68. The second kappa shape index (κ2) is 12.9. The Kier molecular flexibility index (Phi) is 7.34. The summed E-state index contributed by atoms with van der Waals surface area (Å²) in [7, 11) is 0. The third-order valence-electron chi connectivity index (χ3n) is 13.9. The van der Waals surface area contributed by atoms with E-state index in [0.29, 0.717) is 0 Å². The molecule has 294 valence electrons. The van der Waals surface area contributed by atoms with Crippen molar-refractivity contribution < 1.29 is 0 Å². The maximum absolute atomic E-state index is 2.47. The van der Waals surface area contributed by atoms with Crippen LogP contribution in [0.25, 0.3) is 93.6 Å². The average molecular weight is 794 g/mol. The minimum absolute atomic E-state index is 0.0733. The molecule has 0 spiro atoms. The molecule has 0 saturated heterocycles. The molecule has 0 amide bonds. The molecule has 0 saturated carbocycles. The van der Waals surface area contributed by atoms with Crippen molar-refractivity contribution in [2.24, 2.45) is 0 Å². The number of fused-ring (bicyclic) bond motifs is 12. The molecule has 0 unspecified atom stereocenters. The molecule has 0 N–H and O–H groups in total. The van der Waals surface area contributed by atoms with Crippen LogP contribution in [0.2, 0.25) is 0 Å². The minimum Gasteiger partial charge on any atom is -0.309 e. The van der Waals surface area contributed by atoms with E-state index >= 15 is 0 Å². The second-order valence-electron chi connectivity index (χ2n) is 17.9. The molecule has 0 aliphatic heterocycles. The van der Waals surface area contributed by atoms with Gasteiger partial charge in [-0.2, -0.15) is 0 Å². The fourth-order valence-corrected chi connectivity index (χ4v) is 11.0. The smallest absolute Gasteiger partial charge is 0.0562 e. The van der Waals surface area contributed by atoms with Gasteiger partial charge in [0.15, 0.2) is 0 Å². The predicted molar refractivity (Wildman–Crippen MR) is 261 cm³/mol. The highest BCUT2D eigenvalue weighted by Crippen LogP contribution is 2.51. The fraction of sp³-hybridized carbons (Fsp3) is 0.0847. The van der Waals surface area contributed by atoms with Gasteiger partial charge in [0, 0.05) is 54.8 Å². The molecular formula is C59H43N3. The highest BCUT2D eigenvalue weighted by Gasteiger charge is 2.36. The first-order valence-corrected chi connectivity index (χ1v) is 21.8. The van der Waals surface area contributed by atoms with Gasteiger partial charge in [0.05, 0.1) is 33.1 Å².